The summed E-state index contributed by atoms with van der Waals surface area (Å²) < 4.78 is 23.5. The van der Waals surface area contributed by atoms with Crippen molar-refractivity contribution in [3.05, 3.63) is 24.3 Å². The number of amides is 1. The lowest BCUT2D eigenvalue weighted by molar-refractivity contribution is -0.870. The van der Waals surface area contributed by atoms with Crippen LogP contribution in [0.2, 0.25) is 0 Å². The van der Waals surface area contributed by atoms with Gasteiger partial charge in [0.25, 0.3) is 0 Å². The number of unbranched alkanes of at least 4 members (excludes halogenated alkanes) is 19. The third-order valence-electron chi connectivity index (χ3n) is 9.18. The molecule has 0 aliphatic heterocycles. The number of aliphatic hydroxyl groups is 1. The quantitative estimate of drug-likeness (QED) is 0.0190. The van der Waals surface area contributed by atoms with Crippen molar-refractivity contribution in [2.45, 2.75) is 187 Å². The Labute approximate surface area is 313 Å². The SMILES string of the molecule is CCCCC/C=C\C=C\C(=O)CCCCCCCC(=O)N[C@@H](COP(=O)(O)OCC[N+](C)(C)C)[C@H](O)CCCCCCCCCCCCCCC. The number of carbonyl (C=O) groups is 2. The van der Waals surface area contributed by atoms with Crippen LogP contribution in [0.1, 0.15) is 174 Å². The molecule has 0 spiro atoms. The van der Waals surface area contributed by atoms with Crippen molar-refractivity contribution in [3.8, 4) is 0 Å². The Bertz CT molecular complexity index is 951. The van der Waals surface area contributed by atoms with E-state index in [1.54, 1.807) is 6.08 Å². The second kappa shape index (κ2) is 33.2. The van der Waals surface area contributed by atoms with Crippen molar-refractivity contribution >= 4 is 19.5 Å². The molecule has 0 fully saturated rings. The predicted molar refractivity (Wildman–Crippen MR) is 213 cm³/mol. The van der Waals surface area contributed by atoms with Gasteiger partial charge in [0.1, 0.15) is 13.2 Å². The number of hydrogen-bond acceptors (Lipinski definition) is 6. The van der Waals surface area contributed by atoms with Gasteiger partial charge in [-0.05, 0) is 38.2 Å². The largest absolute Gasteiger partial charge is 0.472 e. The number of nitrogens with zero attached hydrogens (tertiary/aromatic N) is 1. The molecular formula is C41H80N2O7P+. The zero-order valence-corrected chi connectivity index (χ0v) is 34.5. The first-order valence-electron chi connectivity index (χ1n) is 20.7. The van der Waals surface area contributed by atoms with Crippen LogP contribution < -0.4 is 5.32 Å². The van der Waals surface area contributed by atoms with Crippen LogP contribution in [0.15, 0.2) is 24.3 Å². The Morgan fingerprint density at radius 3 is 1.78 bits per heavy atom. The summed E-state index contributed by atoms with van der Waals surface area (Å²) >= 11 is 0. The monoisotopic (exact) mass is 744 g/mol. The molecule has 9 nitrogen and oxygen atoms in total. The average molecular weight is 744 g/mol. The van der Waals surface area contributed by atoms with Crippen molar-refractivity contribution in [2.75, 3.05) is 40.9 Å². The molecule has 0 aliphatic carbocycles. The van der Waals surface area contributed by atoms with Crippen LogP contribution in [0.3, 0.4) is 0 Å². The molecule has 10 heteroatoms. The smallest absolute Gasteiger partial charge is 0.391 e. The van der Waals surface area contributed by atoms with Gasteiger partial charge < -0.3 is 19.8 Å². The number of likely N-dealkylation sites (N-methyl/N-ethyl adjacent to an activating group) is 1. The number of allylic oxidation sites excluding steroid dienone is 4. The van der Waals surface area contributed by atoms with Crippen LogP contribution in [-0.4, -0.2) is 79.2 Å². The minimum Gasteiger partial charge on any atom is -0.391 e. The van der Waals surface area contributed by atoms with Crippen LogP contribution in [0, 0.1) is 0 Å². The van der Waals surface area contributed by atoms with Gasteiger partial charge in [-0.2, -0.15) is 0 Å². The molecule has 0 radical (unpaired) electrons. The van der Waals surface area contributed by atoms with Crippen molar-refractivity contribution < 1.29 is 37.7 Å². The molecule has 3 atom stereocenters. The van der Waals surface area contributed by atoms with Crippen LogP contribution >= 0.6 is 7.82 Å². The van der Waals surface area contributed by atoms with Crippen LogP contribution in [-0.2, 0) is 23.2 Å². The molecular weight excluding hydrogens is 663 g/mol. The van der Waals surface area contributed by atoms with Crippen molar-refractivity contribution in [1.82, 2.24) is 5.32 Å². The molecule has 0 aromatic heterocycles. The molecule has 0 aliphatic rings. The summed E-state index contributed by atoms with van der Waals surface area (Å²) in [5.41, 5.74) is 0. The van der Waals surface area contributed by atoms with E-state index in [1.807, 2.05) is 33.3 Å². The standard InChI is InChI=1S/C41H79N2O7P/c1-6-8-10-12-14-15-16-17-18-19-21-25-29-33-40(45)39(37-50-51(47,48)49-36-35-43(3,4)5)42-41(46)34-30-26-22-24-28-32-38(44)31-27-23-20-13-11-9-7-2/h20,23,27,31,39-40,45H,6-19,21-22,24-26,28-30,32-37H2,1-5H3,(H-,42,46,47,48)/p+1/b23-20-,31-27+/t39-,40+/m0/s1. The lowest BCUT2D eigenvalue weighted by atomic mass is 10.0. The highest BCUT2D eigenvalue weighted by molar-refractivity contribution is 7.47. The molecule has 0 aromatic carbocycles. The summed E-state index contributed by atoms with van der Waals surface area (Å²) in [6.45, 7) is 4.71. The van der Waals surface area contributed by atoms with Crippen LogP contribution in [0.25, 0.3) is 0 Å². The minimum absolute atomic E-state index is 0.0528. The third kappa shape index (κ3) is 35.4. The van der Waals surface area contributed by atoms with Crippen LogP contribution in [0.4, 0.5) is 0 Å². The van der Waals surface area contributed by atoms with Crippen molar-refractivity contribution in [3.63, 3.8) is 0 Å². The first kappa shape index (κ1) is 49.6. The number of ketones is 1. The highest BCUT2D eigenvalue weighted by Gasteiger charge is 2.28. The number of nitrogens with one attached hydrogen (secondary N) is 1. The van der Waals surface area contributed by atoms with Gasteiger partial charge in [-0.15, -0.1) is 0 Å². The van der Waals surface area contributed by atoms with Crippen molar-refractivity contribution in [2.24, 2.45) is 0 Å². The van der Waals surface area contributed by atoms with E-state index in [1.165, 1.54) is 83.5 Å². The molecule has 0 bridgehead atoms. The van der Waals surface area contributed by atoms with Gasteiger partial charge in [0.15, 0.2) is 5.78 Å². The number of carbonyl (C=O) groups excluding carboxylic acids is 2. The van der Waals surface area contributed by atoms with E-state index >= 15 is 0 Å². The summed E-state index contributed by atoms with van der Waals surface area (Å²) in [6, 6.07) is -0.803. The predicted octanol–water partition coefficient (Wildman–Crippen LogP) is 10.1. The maximum Gasteiger partial charge on any atom is 0.472 e. The van der Waals surface area contributed by atoms with Gasteiger partial charge in [0.2, 0.25) is 5.91 Å². The number of quaternary nitrogens is 1. The first-order chi connectivity index (χ1) is 24.4. The molecule has 0 aromatic rings. The second-order valence-electron chi connectivity index (χ2n) is 15.4. The number of phosphoric acid groups is 1. The molecule has 3 N–H and O–H groups in total. The van der Waals surface area contributed by atoms with E-state index in [2.05, 4.69) is 25.2 Å². The highest BCUT2D eigenvalue weighted by atomic mass is 31.2. The normalized spacial score (nSPS) is 14.6. The Balaban J connectivity index is 4.52. The van der Waals surface area contributed by atoms with E-state index in [-0.39, 0.29) is 24.9 Å². The molecule has 1 amide bonds. The maximum absolute atomic E-state index is 12.8. The Morgan fingerprint density at radius 2 is 1.22 bits per heavy atom. The first-order valence-corrected chi connectivity index (χ1v) is 22.2. The van der Waals surface area contributed by atoms with E-state index in [0.29, 0.717) is 36.7 Å². The Kier molecular flexibility index (Phi) is 32.4. The molecule has 51 heavy (non-hydrogen) atoms. The van der Waals surface area contributed by atoms with Crippen molar-refractivity contribution in [1.29, 1.82) is 0 Å². The zero-order valence-electron chi connectivity index (χ0n) is 33.6. The third-order valence-corrected chi connectivity index (χ3v) is 10.2. The summed E-state index contributed by atoms with van der Waals surface area (Å²) in [6.07, 6.45) is 33.0. The van der Waals surface area contributed by atoms with Crippen LogP contribution in [0.5, 0.6) is 0 Å². The number of hydrogen-bond donors (Lipinski definition) is 3. The lowest BCUT2D eigenvalue weighted by Gasteiger charge is -2.26. The molecule has 0 saturated heterocycles. The number of rotatable bonds is 37. The highest BCUT2D eigenvalue weighted by Crippen LogP contribution is 2.43. The molecule has 1 unspecified atom stereocenters. The summed E-state index contributed by atoms with van der Waals surface area (Å²) in [5, 5.41) is 13.9. The fourth-order valence-electron chi connectivity index (χ4n) is 5.79. The van der Waals surface area contributed by atoms with E-state index in [4.69, 9.17) is 9.05 Å². The zero-order chi connectivity index (χ0) is 38.1. The summed E-state index contributed by atoms with van der Waals surface area (Å²) in [5.74, 6) is -0.0702. The van der Waals surface area contributed by atoms with E-state index in [9.17, 15) is 24.2 Å². The van der Waals surface area contributed by atoms with Gasteiger partial charge in [-0.1, -0.05) is 148 Å². The molecule has 0 heterocycles. The number of phosphoric ester groups is 1. The second-order valence-corrected chi connectivity index (χ2v) is 16.9. The van der Waals surface area contributed by atoms with E-state index < -0.39 is 20.0 Å². The average Bonchev–Trinajstić information content (AvgIpc) is 3.07. The minimum atomic E-state index is -4.34. The van der Waals surface area contributed by atoms with Gasteiger partial charge in [0, 0.05) is 12.8 Å². The van der Waals surface area contributed by atoms with Gasteiger partial charge in [0.05, 0.1) is 39.9 Å². The fourth-order valence-corrected chi connectivity index (χ4v) is 6.53. The topological polar surface area (TPSA) is 122 Å². The Morgan fingerprint density at radius 1 is 0.706 bits per heavy atom. The Hall–Kier alpha value is -1.35. The number of aliphatic hydroxyl groups excluding tert-OH is 1. The maximum atomic E-state index is 12.8. The van der Waals surface area contributed by atoms with Gasteiger partial charge >= 0.3 is 7.82 Å². The molecule has 0 saturated carbocycles. The van der Waals surface area contributed by atoms with E-state index in [0.717, 1.165) is 51.4 Å². The van der Waals surface area contributed by atoms with Gasteiger partial charge in [-0.3, -0.25) is 18.6 Å². The van der Waals surface area contributed by atoms with Gasteiger partial charge in [-0.25, -0.2) is 4.57 Å². The molecule has 0 rings (SSSR count). The lowest BCUT2D eigenvalue weighted by Crippen LogP contribution is -2.46. The molecule has 300 valence electrons. The summed E-state index contributed by atoms with van der Waals surface area (Å²) in [7, 11) is 1.54. The summed E-state index contributed by atoms with van der Waals surface area (Å²) in [4.78, 5) is 35.1. The fraction of sp³-hybridized carbons (Fsp3) is 0.854.